The number of hydrogen-bond acceptors (Lipinski definition) is 4. The Bertz CT molecular complexity index is 558. The zero-order valence-corrected chi connectivity index (χ0v) is 11.7. The van der Waals surface area contributed by atoms with Gasteiger partial charge in [0, 0.05) is 13.6 Å². The zero-order chi connectivity index (χ0) is 13.6. The van der Waals surface area contributed by atoms with Gasteiger partial charge in [-0.05, 0) is 33.1 Å². The Morgan fingerprint density at radius 2 is 2.06 bits per heavy atom. The number of rotatable bonds is 4. The van der Waals surface area contributed by atoms with Gasteiger partial charge in [-0.1, -0.05) is 0 Å². The van der Waals surface area contributed by atoms with Crippen molar-refractivity contribution in [1.82, 2.24) is 14.5 Å². The van der Waals surface area contributed by atoms with Gasteiger partial charge in [-0.25, -0.2) is 13.1 Å². The molecule has 0 saturated heterocycles. The first-order chi connectivity index (χ1) is 8.25. The lowest BCUT2D eigenvalue weighted by Crippen LogP contribution is -2.47. The Morgan fingerprint density at radius 3 is 2.44 bits per heavy atom. The van der Waals surface area contributed by atoms with Gasteiger partial charge in [0.1, 0.15) is 4.90 Å². The van der Waals surface area contributed by atoms with Crippen molar-refractivity contribution in [3.63, 3.8) is 0 Å². The van der Waals surface area contributed by atoms with Crippen LogP contribution < -0.4 is 4.72 Å². The van der Waals surface area contributed by atoms with Crippen LogP contribution in [0.25, 0.3) is 0 Å². The molecule has 0 radical (unpaired) electrons. The van der Waals surface area contributed by atoms with Gasteiger partial charge < -0.3 is 5.11 Å². The Morgan fingerprint density at radius 1 is 1.44 bits per heavy atom. The van der Waals surface area contributed by atoms with E-state index in [1.165, 1.54) is 0 Å². The van der Waals surface area contributed by atoms with Crippen LogP contribution in [0.2, 0.25) is 0 Å². The van der Waals surface area contributed by atoms with Crippen molar-refractivity contribution in [3.05, 3.63) is 11.4 Å². The molecule has 102 valence electrons. The third-order valence-corrected chi connectivity index (χ3v) is 5.24. The van der Waals surface area contributed by atoms with E-state index in [1.54, 1.807) is 25.6 Å². The van der Waals surface area contributed by atoms with Crippen molar-refractivity contribution < 1.29 is 13.5 Å². The molecule has 0 aliphatic heterocycles. The summed E-state index contributed by atoms with van der Waals surface area (Å²) < 4.78 is 28.4. The highest BCUT2D eigenvalue weighted by atomic mass is 32.2. The predicted octanol–water partition coefficient (Wildman–Crippen LogP) is 0.230. The van der Waals surface area contributed by atoms with Gasteiger partial charge in [0.05, 0.1) is 17.0 Å². The molecule has 0 aromatic carbocycles. The lowest BCUT2D eigenvalue weighted by atomic mass is 9.81. The third-order valence-electron chi connectivity index (χ3n) is 3.59. The Kier molecular flexibility index (Phi) is 3.25. The van der Waals surface area contributed by atoms with Crippen LogP contribution in [-0.4, -0.2) is 35.5 Å². The molecule has 1 aliphatic rings. The molecule has 18 heavy (non-hydrogen) atoms. The maximum absolute atomic E-state index is 12.2. The van der Waals surface area contributed by atoms with E-state index >= 15 is 0 Å². The summed E-state index contributed by atoms with van der Waals surface area (Å²) in [5.41, 5.74) is 0.209. The summed E-state index contributed by atoms with van der Waals surface area (Å²) in [5.74, 6) is 0. The summed E-state index contributed by atoms with van der Waals surface area (Å²) in [4.78, 5) is 0.216. The molecule has 0 atom stereocenters. The molecule has 2 rings (SSSR count). The quantitative estimate of drug-likeness (QED) is 0.822. The minimum absolute atomic E-state index is 0.0725. The number of nitrogens with one attached hydrogen (secondary N) is 1. The minimum Gasteiger partial charge on any atom is -0.389 e. The van der Waals surface area contributed by atoms with Crippen LogP contribution in [0, 0.1) is 13.8 Å². The van der Waals surface area contributed by atoms with Crippen LogP contribution in [-0.2, 0) is 17.1 Å². The van der Waals surface area contributed by atoms with E-state index in [2.05, 4.69) is 9.82 Å². The topological polar surface area (TPSA) is 84.2 Å². The molecule has 1 aromatic rings. The minimum atomic E-state index is -3.60. The van der Waals surface area contributed by atoms with Gasteiger partial charge >= 0.3 is 0 Å². The average Bonchev–Trinajstić information content (AvgIpc) is 2.48. The highest BCUT2D eigenvalue weighted by molar-refractivity contribution is 7.89. The molecule has 6 nitrogen and oxygen atoms in total. The van der Waals surface area contributed by atoms with Gasteiger partial charge in [0.15, 0.2) is 0 Å². The van der Waals surface area contributed by atoms with Gasteiger partial charge in [-0.15, -0.1) is 0 Å². The maximum atomic E-state index is 12.2. The molecular formula is C11H19N3O3S. The van der Waals surface area contributed by atoms with Crippen LogP contribution in [0.5, 0.6) is 0 Å². The van der Waals surface area contributed by atoms with E-state index in [9.17, 15) is 13.5 Å². The van der Waals surface area contributed by atoms with E-state index < -0.39 is 15.6 Å². The normalized spacial score (nSPS) is 18.7. The van der Waals surface area contributed by atoms with E-state index in [0.717, 1.165) is 6.42 Å². The standard InChI is InChI=1S/C11H19N3O3S/c1-8-10(9(2)14(3)13-8)18(16,17)12-7-11(15)5-4-6-11/h12,15H,4-7H2,1-3H3. The Balaban J connectivity index is 2.20. The molecule has 0 unspecified atom stereocenters. The van der Waals surface area contributed by atoms with Crippen molar-refractivity contribution in [2.75, 3.05) is 6.54 Å². The maximum Gasteiger partial charge on any atom is 0.244 e. The van der Waals surface area contributed by atoms with E-state index in [0.29, 0.717) is 24.2 Å². The van der Waals surface area contributed by atoms with Gasteiger partial charge in [0.2, 0.25) is 10.0 Å². The largest absolute Gasteiger partial charge is 0.389 e. The summed E-state index contributed by atoms with van der Waals surface area (Å²) in [7, 11) is -1.89. The Labute approximate surface area is 107 Å². The van der Waals surface area contributed by atoms with Crippen molar-refractivity contribution in [2.45, 2.75) is 43.6 Å². The molecule has 0 spiro atoms. The van der Waals surface area contributed by atoms with Crippen molar-refractivity contribution in [2.24, 2.45) is 7.05 Å². The molecule has 1 heterocycles. The van der Waals surface area contributed by atoms with E-state index in [1.807, 2.05) is 0 Å². The van der Waals surface area contributed by atoms with Crippen molar-refractivity contribution in [1.29, 1.82) is 0 Å². The van der Waals surface area contributed by atoms with Gasteiger partial charge in [0.25, 0.3) is 0 Å². The second-order valence-corrected chi connectivity index (χ2v) is 6.73. The number of nitrogens with zero attached hydrogens (tertiary/aromatic N) is 2. The fourth-order valence-corrected chi connectivity index (χ4v) is 3.76. The van der Waals surface area contributed by atoms with Crippen molar-refractivity contribution in [3.8, 4) is 0 Å². The SMILES string of the molecule is Cc1nn(C)c(C)c1S(=O)(=O)NCC1(O)CCC1. The molecule has 1 fully saturated rings. The second kappa shape index (κ2) is 4.32. The first-order valence-electron chi connectivity index (χ1n) is 5.97. The van der Waals surface area contributed by atoms with Crippen LogP contribution in [0.4, 0.5) is 0 Å². The highest BCUT2D eigenvalue weighted by Crippen LogP contribution is 2.31. The highest BCUT2D eigenvalue weighted by Gasteiger charge is 2.36. The number of sulfonamides is 1. The van der Waals surface area contributed by atoms with Crippen LogP contribution in [0.1, 0.15) is 30.7 Å². The second-order valence-electron chi connectivity index (χ2n) is 5.03. The molecule has 0 bridgehead atoms. The first-order valence-corrected chi connectivity index (χ1v) is 7.46. The van der Waals surface area contributed by atoms with E-state index in [-0.39, 0.29) is 11.4 Å². The lowest BCUT2D eigenvalue weighted by Gasteiger charge is -2.36. The fraction of sp³-hybridized carbons (Fsp3) is 0.727. The van der Waals surface area contributed by atoms with Crippen LogP contribution in [0.3, 0.4) is 0 Å². The smallest absolute Gasteiger partial charge is 0.244 e. The number of aliphatic hydroxyl groups is 1. The number of aryl methyl sites for hydroxylation is 2. The molecule has 1 aliphatic carbocycles. The number of hydrogen-bond donors (Lipinski definition) is 2. The molecule has 0 amide bonds. The third kappa shape index (κ3) is 2.30. The molecule has 1 saturated carbocycles. The number of aromatic nitrogens is 2. The summed E-state index contributed by atoms with van der Waals surface area (Å²) >= 11 is 0. The van der Waals surface area contributed by atoms with Crippen LogP contribution >= 0.6 is 0 Å². The molecule has 1 aromatic heterocycles. The summed E-state index contributed by atoms with van der Waals surface area (Å²) in [5, 5.41) is 14.0. The Hall–Kier alpha value is -0.920. The monoisotopic (exact) mass is 273 g/mol. The lowest BCUT2D eigenvalue weighted by molar-refractivity contribution is -0.0271. The molecular weight excluding hydrogens is 254 g/mol. The van der Waals surface area contributed by atoms with Crippen LogP contribution in [0.15, 0.2) is 4.90 Å². The molecule has 7 heteroatoms. The summed E-state index contributed by atoms with van der Waals surface area (Å²) in [6.45, 7) is 3.45. The van der Waals surface area contributed by atoms with E-state index in [4.69, 9.17) is 0 Å². The fourth-order valence-electron chi connectivity index (χ4n) is 2.21. The first kappa shape index (κ1) is 13.5. The molecule has 2 N–H and O–H groups in total. The van der Waals surface area contributed by atoms with Gasteiger partial charge in [-0.2, -0.15) is 5.10 Å². The summed E-state index contributed by atoms with van der Waals surface area (Å²) in [6, 6.07) is 0. The van der Waals surface area contributed by atoms with Gasteiger partial charge in [-0.3, -0.25) is 4.68 Å². The average molecular weight is 273 g/mol. The van der Waals surface area contributed by atoms with Crippen molar-refractivity contribution >= 4 is 10.0 Å². The zero-order valence-electron chi connectivity index (χ0n) is 10.9. The summed E-state index contributed by atoms with van der Waals surface area (Å²) in [6.07, 6.45) is 2.25. The predicted molar refractivity (Wildman–Crippen MR) is 66.7 cm³/mol.